The minimum atomic E-state index is 0.512. The van der Waals surface area contributed by atoms with E-state index >= 15 is 0 Å². The SMILES string of the molecule is Clc1cccc(Cl)c1Nc1cc(Nc2ccc3c(c2)OCCO3)ncn1. The maximum atomic E-state index is 6.18. The average molecular weight is 389 g/mol. The lowest BCUT2D eigenvalue weighted by molar-refractivity contribution is 0.171. The molecule has 1 aliphatic heterocycles. The van der Waals surface area contributed by atoms with Crippen molar-refractivity contribution in [1.82, 2.24) is 9.97 Å². The zero-order chi connectivity index (χ0) is 17.9. The van der Waals surface area contributed by atoms with Crippen molar-refractivity contribution < 1.29 is 9.47 Å². The van der Waals surface area contributed by atoms with Crippen molar-refractivity contribution in [2.75, 3.05) is 23.8 Å². The van der Waals surface area contributed by atoms with E-state index in [1.165, 1.54) is 6.33 Å². The lowest BCUT2D eigenvalue weighted by Crippen LogP contribution is -2.15. The molecule has 0 saturated carbocycles. The number of hydrogen-bond acceptors (Lipinski definition) is 6. The Kier molecular flexibility index (Phi) is 4.69. The second kappa shape index (κ2) is 7.27. The number of rotatable bonds is 4. The van der Waals surface area contributed by atoms with Gasteiger partial charge in [-0.15, -0.1) is 0 Å². The smallest absolute Gasteiger partial charge is 0.163 e. The van der Waals surface area contributed by atoms with E-state index < -0.39 is 0 Å². The van der Waals surface area contributed by atoms with E-state index in [9.17, 15) is 0 Å². The van der Waals surface area contributed by atoms with Crippen molar-refractivity contribution in [3.8, 4) is 11.5 Å². The molecule has 6 nitrogen and oxygen atoms in total. The van der Waals surface area contributed by atoms with Gasteiger partial charge in [-0.3, -0.25) is 0 Å². The van der Waals surface area contributed by atoms with Crippen molar-refractivity contribution in [3.05, 3.63) is 58.8 Å². The van der Waals surface area contributed by atoms with E-state index in [0.29, 0.717) is 46.3 Å². The molecule has 0 saturated heterocycles. The molecule has 0 bridgehead atoms. The van der Waals surface area contributed by atoms with Crippen molar-refractivity contribution in [2.24, 2.45) is 0 Å². The molecule has 0 fully saturated rings. The van der Waals surface area contributed by atoms with Crippen LogP contribution in [0.5, 0.6) is 11.5 Å². The Bertz CT molecular complexity index is 932. The topological polar surface area (TPSA) is 68.3 Å². The summed E-state index contributed by atoms with van der Waals surface area (Å²) in [4.78, 5) is 8.44. The van der Waals surface area contributed by atoms with Gasteiger partial charge in [0.15, 0.2) is 11.5 Å². The molecule has 0 atom stereocenters. The largest absolute Gasteiger partial charge is 0.486 e. The molecular formula is C18H14Cl2N4O2. The van der Waals surface area contributed by atoms with Gasteiger partial charge in [0.2, 0.25) is 0 Å². The van der Waals surface area contributed by atoms with Crippen LogP contribution in [0, 0.1) is 0 Å². The Labute approximate surface area is 160 Å². The van der Waals surface area contributed by atoms with Crippen molar-refractivity contribution in [2.45, 2.75) is 0 Å². The Morgan fingerprint density at radius 2 is 1.50 bits per heavy atom. The summed E-state index contributed by atoms with van der Waals surface area (Å²) in [5.41, 5.74) is 1.43. The van der Waals surface area contributed by atoms with Crippen LogP contribution < -0.4 is 20.1 Å². The van der Waals surface area contributed by atoms with Crippen LogP contribution >= 0.6 is 23.2 Å². The second-order valence-electron chi connectivity index (χ2n) is 5.49. The molecule has 4 rings (SSSR count). The Hall–Kier alpha value is -2.70. The number of benzene rings is 2. The Morgan fingerprint density at radius 1 is 0.808 bits per heavy atom. The van der Waals surface area contributed by atoms with Gasteiger partial charge in [-0.2, -0.15) is 0 Å². The zero-order valence-electron chi connectivity index (χ0n) is 13.5. The quantitative estimate of drug-likeness (QED) is 0.652. The predicted molar refractivity (Wildman–Crippen MR) is 102 cm³/mol. The minimum absolute atomic E-state index is 0.512. The van der Waals surface area contributed by atoms with Gasteiger partial charge in [-0.05, 0) is 24.3 Å². The fraction of sp³-hybridized carbons (Fsp3) is 0.111. The van der Waals surface area contributed by atoms with E-state index in [2.05, 4.69) is 20.6 Å². The number of nitrogens with one attached hydrogen (secondary N) is 2. The summed E-state index contributed by atoms with van der Waals surface area (Å²) in [6, 6.07) is 12.7. The van der Waals surface area contributed by atoms with Crippen LogP contribution in [0.1, 0.15) is 0 Å². The fourth-order valence-corrected chi connectivity index (χ4v) is 3.00. The maximum Gasteiger partial charge on any atom is 0.163 e. The first-order chi connectivity index (χ1) is 12.7. The van der Waals surface area contributed by atoms with E-state index in [0.717, 1.165) is 11.4 Å². The molecule has 0 aliphatic carbocycles. The van der Waals surface area contributed by atoms with Crippen LogP contribution in [0.3, 0.4) is 0 Å². The Balaban J connectivity index is 1.54. The van der Waals surface area contributed by atoms with Crippen molar-refractivity contribution in [3.63, 3.8) is 0 Å². The summed E-state index contributed by atoms with van der Waals surface area (Å²) in [6.07, 6.45) is 1.45. The maximum absolute atomic E-state index is 6.18. The van der Waals surface area contributed by atoms with Gasteiger partial charge in [0.05, 0.1) is 15.7 Å². The van der Waals surface area contributed by atoms with Crippen LogP contribution in [0.15, 0.2) is 48.8 Å². The number of fused-ring (bicyclic) bond motifs is 1. The molecule has 1 aliphatic rings. The van der Waals surface area contributed by atoms with Crippen molar-refractivity contribution in [1.29, 1.82) is 0 Å². The van der Waals surface area contributed by atoms with E-state index in [-0.39, 0.29) is 0 Å². The van der Waals surface area contributed by atoms with Crippen molar-refractivity contribution >= 4 is 46.2 Å². The number of ether oxygens (including phenoxy) is 2. The highest BCUT2D eigenvalue weighted by Gasteiger charge is 2.12. The Morgan fingerprint density at radius 3 is 2.27 bits per heavy atom. The summed E-state index contributed by atoms with van der Waals surface area (Å²) in [7, 11) is 0. The highest BCUT2D eigenvalue weighted by molar-refractivity contribution is 6.39. The average Bonchev–Trinajstić information content (AvgIpc) is 2.65. The lowest BCUT2D eigenvalue weighted by Gasteiger charge is -2.19. The van der Waals surface area contributed by atoms with Crippen LogP contribution in [-0.2, 0) is 0 Å². The van der Waals surface area contributed by atoms with Crippen LogP contribution in [0.4, 0.5) is 23.0 Å². The molecular weight excluding hydrogens is 375 g/mol. The summed E-state index contributed by atoms with van der Waals surface area (Å²) in [5, 5.41) is 7.36. The van der Waals surface area contributed by atoms with Crippen LogP contribution in [-0.4, -0.2) is 23.2 Å². The van der Waals surface area contributed by atoms with Crippen LogP contribution in [0.25, 0.3) is 0 Å². The van der Waals surface area contributed by atoms with Gasteiger partial charge in [0.25, 0.3) is 0 Å². The van der Waals surface area contributed by atoms with Gasteiger partial charge < -0.3 is 20.1 Å². The zero-order valence-corrected chi connectivity index (χ0v) is 15.0. The standard InChI is InChI=1S/C18H14Cl2N4O2/c19-12-2-1-3-13(20)18(12)24-17-9-16(21-10-22-17)23-11-4-5-14-15(8-11)26-7-6-25-14/h1-5,8-10H,6-7H2,(H2,21,22,23,24). The monoisotopic (exact) mass is 388 g/mol. The molecule has 8 heteroatoms. The first-order valence-electron chi connectivity index (χ1n) is 7.89. The summed E-state index contributed by atoms with van der Waals surface area (Å²) >= 11 is 12.4. The molecule has 0 unspecified atom stereocenters. The third kappa shape index (κ3) is 3.61. The molecule has 0 amide bonds. The van der Waals surface area contributed by atoms with Gasteiger partial charge in [-0.1, -0.05) is 29.3 Å². The molecule has 2 heterocycles. The third-order valence-electron chi connectivity index (χ3n) is 3.70. The van der Waals surface area contributed by atoms with E-state index in [4.69, 9.17) is 32.7 Å². The number of para-hydroxylation sites is 1. The molecule has 2 N–H and O–H groups in total. The van der Waals surface area contributed by atoms with Gasteiger partial charge in [0, 0.05) is 17.8 Å². The number of hydrogen-bond donors (Lipinski definition) is 2. The predicted octanol–water partition coefficient (Wildman–Crippen LogP) is 5.04. The summed E-state index contributed by atoms with van der Waals surface area (Å²) < 4.78 is 11.1. The van der Waals surface area contributed by atoms with Gasteiger partial charge >= 0.3 is 0 Å². The third-order valence-corrected chi connectivity index (χ3v) is 4.33. The molecule has 0 spiro atoms. The molecule has 26 heavy (non-hydrogen) atoms. The molecule has 3 aromatic rings. The molecule has 2 aromatic carbocycles. The first kappa shape index (κ1) is 16.8. The summed E-state index contributed by atoms with van der Waals surface area (Å²) in [5.74, 6) is 2.62. The number of aromatic nitrogens is 2. The van der Waals surface area contributed by atoms with E-state index in [1.807, 2.05) is 18.2 Å². The minimum Gasteiger partial charge on any atom is -0.486 e. The first-order valence-corrected chi connectivity index (χ1v) is 8.64. The highest BCUT2D eigenvalue weighted by Crippen LogP contribution is 2.34. The lowest BCUT2D eigenvalue weighted by atomic mass is 10.2. The highest BCUT2D eigenvalue weighted by atomic mass is 35.5. The number of anilines is 4. The summed E-state index contributed by atoms with van der Waals surface area (Å²) in [6.45, 7) is 1.10. The number of halogens is 2. The molecule has 132 valence electrons. The van der Waals surface area contributed by atoms with Crippen LogP contribution in [0.2, 0.25) is 10.0 Å². The molecule has 1 aromatic heterocycles. The fourth-order valence-electron chi connectivity index (χ4n) is 2.51. The van der Waals surface area contributed by atoms with Gasteiger partial charge in [0.1, 0.15) is 31.2 Å². The normalized spacial score (nSPS) is 12.5. The number of nitrogens with zero attached hydrogens (tertiary/aromatic N) is 2. The second-order valence-corrected chi connectivity index (χ2v) is 6.31. The van der Waals surface area contributed by atoms with E-state index in [1.54, 1.807) is 24.3 Å². The molecule has 0 radical (unpaired) electrons. The van der Waals surface area contributed by atoms with Gasteiger partial charge in [-0.25, -0.2) is 9.97 Å².